The number of aliphatic imine (C=N–C) groups is 2. The first-order chi connectivity index (χ1) is 11.8. The summed E-state index contributed by atoms with van der Waals surface area (Å²) < 4.78 is 0. The Morgan fingerprint density at radius 1 is 1.08 bits per heavy atom. The number of hydrogen-bond donors (Lipinski definition) is 2. The molecular formula is C19H24N4O. The number of fused-ring (bicyclic) bond motifs is 1. The Hall–Kier alpha value is -2.14. The summed E-state index contributed by atoms with van der Waals surface area (Å²) >= 11 is 0. The molecule has 0 aromatic rings. The Kier molecular flexibility index (Phi) is 4.34. The summed E-state index contributed by atoms with van der Waals surface area (Å²) in [5.74, 6) is 2.29. The molecule has 0 aromatic heterocycles. The molecule has 2 unspecified atom stereocenters. The van der Waals surface area contributed by atoms with Gasteiger partial charge in [0.05, 0.1) is 17.5 Å². The third kappa shape index (κ3) is 2.96. The molecule has 0 spiro atoms. The van der Waals surface area contributed by atoms with E-state index in [1.54, 1.807) is 0 Å². The second-order valence-electron chi connectivity index (χ2n) is 6.58. The summed E-state index contributed by atoms with van der Waals surface area (Å²) in [6.45, 7) is 3.90. The van der Waals surface area contributed by atoms with Crippen LogP contribution in [0.5, 0.6) is 0 Å². The predicted molar refractivity (Wildman–Crippen MR) is 97.5 cm³/mol. The molecule has 2 aliphatic carbocycles. The maximum absolute atomic E-state index is 10.4. The summed E-state index contributed by atoms with van der Waals surface area (Å²) in [4.78, 5) is 12.1. The van der Waals surface area contributed by atoms with Crippen LogP contribution < -0.4 is 5.32 Å². The lowest BCUT2D eigenvalue weighted by atomic mass is 9.91. The molecule has 1 fully saturated rings. The maximum Gasteiger partial charge on any atom is 0.160 e. The van der Waals surface area contributed by atoms with Crippen LogP contribution in [0.2, 0.25) is 0 Å². The van der Waals surface area contributed by atoms with Crippen LogP contribution >= 0.6 is 0 Å². The van der Waals surface area contributed by atoms with Crippen LogP contribution in [0.4, 0.5) is 0 Å². The number of allylic oxidation sites excluding steroid dienone is 4. The number of aliphatic hydroxyl groups excluding tert-OH is 1. The number of aliphatic hydroxyl groups is 1. The molecule has 4 rings (SSSR count). The normalized spacial score (nSPS) is 29.9. The third-order valence-electron chi connectivity index (χ3n) is 4.95. The van der Waals surface area contributed by atoms with Crippen molar-refractivity contribution in [1.82, 2.24) is 10.2 Å². The molecule has 4 aliphatic rings. The monoisotopic (exact) mass is 324 g/mol. The summed E-state index contributed by atoms with van der Waals surface area (Å²) in [5.41, 5.74) is 0.793. The third-order valence-corrected chi connectivity index (χ3v) is 4.95. The van der Waals surface area contributed by atoms with Crippen LogP contribution in [0.1, 0.15) is 19.3 Å². The van der Waals surface area contributed by atoms with Crippen molar-refractivity contribution in [2.75, 3.05) is 26.2 Å². The van der Waals surface area contributed by atoms with Crippen LogP contribution in [0.3, 0.4) is 0 Å². The fraction of sp³-hybridized carbons (Fsp3) is 0.474. The summed E-state index contributed by atoms with van der Waals surface area (Å²) in [6, 6.07) is 0.0735. The lowest BCUT2D eigenvalue weighted by Crippen LogP contribution is -2.51. The zero-order valence-corrected chi connectivity index (χ0v) is 13.9. The van der Waals surface area contributed by atoms with Crippen LogP contribution in [-0.2, 0) is 0 Å². The first-order valence-electron chi connectivity index (χ1n) is 8.90. The minimum Gasteiger partial charge on any atom is -0.508 e. The highest BCUT2D eigenvalue weighted by atomic mass is 16.3. The minimum absolute atomic E-state index is 0.0735. The van der Waals surface area contributed by atoms with Gasteiger partial charge in [-0.15, -0.1) is 0 Å². The van der Waals surface area contributed by atoms with Crippen molar-refractivity contribution in [3.05, 3.63) is 47.8 Å². The number of amidine groups is 2. The van der Waals surface area contributed by atoms with Crippen molar-refractivity contribution in [2.24, 2.45) is 15.9 Å². The standard InChI is InChI=1S/C19H24N4O/c24-17-9-3-1-2-7-15(17)18-21-16-8-5-4-6-14(16)19(22-18)23-12-10-20-11-13-23/h4-9,14,16,20,24H,1-3,10-13H2. The Morgan fingerprint density at radius 2 is 1.88 bits per heavy atom. The van der Waals surface area contributed by atoms with Gasteiger partial charge in [-0.25, -0.2) is 4.99 Å². The fourth-order valence-electron chi connectivity index (χ4n) is 3.64. The number of rotatable bonds is 1. The summed E-state index contributed by atoms with van der Waals surface area (Å²) in [7, 11) is 0. The zero-order valence-electron chi connectivity index (χ0n) is 13.9. The van der Waals surface area contributed by atoms with Crippen LogP contribution in [0, 0.1) is 5.92 Å². The zero-order chi connectivity index (χ0) is 16.4. The van der Waals surface area contributed by atoms with Gasteiger partial charge in [-0.3, -0.25) is 4.99 Å². The Morgan fingerprint density at radius 3 is 2.75 bits per heavy atom. The largest absolute Gasteiger partial charge is 0.508 e. The Balaban J connectivity index is 1.72. The van der Waals surface area contributed by atoms with Crippen LogP contribution in [-0.4, -0.2) is 53.9 Å². The molecule has 2 heterocycles. The molecule has 2 atom stereocenters. The van der Waals surface area contributed by atoms with Gasteiger partial charge in [-0.2, -0.15) is 0 Å². The smallest absolute Gasteiger partial charge is 0.160 e. The molecule has 0 saturated carbocycles. The fourth-order valence-corrected chi connectivity index (χ4v) is 3.64. The van der Waals surface area contributed by atoms with Gasteiger partial charge < -0.3 is 15.3 Å². The first kappa shape index (κ1) is 15.4. The molecule has 0 aromatic carbocycles. The SMILES string of the molecule is OC1=CCCCC=C1C1=NC2C=CC=CC2C(N2CCNCC2)=N1. The highest BCUT2D eigenvalue weighted by Crippen LogP contribution is 2.28. The molecule has 5 heteroatoms. The molecule has 2 aliphatic heterocycles. The van der Waals surface area contributed by atoms with Crippen LogP contribution in [0.25, 0.3) is 0 Å². The average molecular weight is 324 g/mol. The van der Waals surface area contributed by atoms with E-state index in [9.17, 15) is 5.11 Å². The number of hydrogen-bond acceptors (Lipinski definition) is 5. The number of nitrogens with one attached hydrogen (secondary N) is 1. The van der Waals surface area contributed by atoms with E-state index in [0.29, 0.717) is 11.6 Å². The van der Waals surface area contributed by atoms with E-state index >= 15 is 0 Å². The Labute approximate surface area is 142 Å². The minimum atomic E-state index is 0.0735. The predicted octanol–water partition coefficient (Wildman–Crippen LogP) is 2.37. The first-order valence-corrected chi connectivity index (χ1v) is 8.90. The van der Waals surface area contributed by atoms with Crippen LogP contribution in [0.15, 0.2) is 57.8 Å². The molecule has 2 N–H and O–H groups in total. The maximum atomic E-state index is 10.4. The Bertz CT molecular complexity index is 677. The van der Waals surface area contributed by atoms with Crippen molar-refractivity contribution >= 4 is 11.7 Å². The molecule has 0 radical (unpaired) electrons. The summed E-state index contributed by atoms with van der Waals surface area (Å²) in [6.07, 6.45) is 15.4. The molecule has 126 valence electrons. The van der Waals surface area contributed by atoms with E-state index in [2.05, 4.69) is 40.6 Å². The van der Waals surface area contributed by atoms with Gasteiger partial charge >= 0.3 is 0 Å². The summed E-state index contributed by atoms with van der Waals surface area (Å²) in [5, 5.41) is 13.8. The van der Waals surface area contributed by atoms with E-state index in [0.717, 1.165) is 56.9 Å². The second kappa shape index (κ2) is 6.77. The molecule has 0 bridgehead atoms. The molecule has 5 nitrogen and oxygen atoms in total. The quantitative estimate of drug-likeness (QED) is 0.778. The number of piperazine rings is 1. The molecular weight excluding hydrogens is 300 g/mol. The lowest BCUT2D eigenvalue weighted by molar-refractivity contribution is 0.342. The molecule has 0 amide bonds. The van der Waals surface area contributed by atoms with Gasteiger partial charge in [0, 0.05) is 26.2 Å². The molecule has 1 saturated heterocycles. The van der Waals surface area contributed by atoms with E-state index in [1.165, 1.54) is 0 Å². The van der Waals surface area contributed by atoms with Crippen molar-refractivity contribution < 1.29 is 5.11 Å². The highest BCUT2D eigenvalue weighted by Gasteiger charge is 2.33. The van der Waals surface area contributed by atoms with Gasteiger partial charge in [-0.05, 0) is 25.3 Å². The average Bonchev–Trinajstić information content (AvgIpc) is 2.86. The van der Waals surface area contributed by atoms with Crippen molar-refractivity contribution in [3.8, 4) is 0 Å². The van der Waals surface area contributed by atoms with E-state index < -0.39 is 0 Å². The van der Waals surface area contributed by atoms with Gasteiger partial charge in [0.25, 0.3) is 0 Å². The number of nitrogens with zero attached hydrogens (tertiary/aromatic N) is 3. The molecule has 24 heavy (non-hydrogen) atoms. The van der Waals surface area contributed by atoms with Gasteiger partial charge in [0.2, 0.25) is 0 Å². The van der Waals surface area contributed by atoms with Gasteiger partial charge in [0.1, 0.15) is 11.6 Å². The van der Waals surface area contributed by atoms with E-state index in [4.69, 9.17) is 9.98 Å². The van der Waals surface area contributed by atoms with E-state index in [1.807, 2.05) is 6.08 Å². The topological polar surface area (TPSA) is 60.2 Å². The van der Waals surface area contributed by atoms with E-state index in [-0.39, 0.29) is 12.0 Å². The van der Waals surface area contributed by atoms with Crippen molar-refractivity contribution in [2.45, 2.75) is 25.3 Å². The second-order valence-corrected chi connectivity index (χ2v) is 6.58. The van der Waals surface area contributed by atoms with Gasteiger partial charge in [0.15, 0.2) is 5.84 Å². The highest BCUT2D eigenvalue weighted by molar-refractivity contribution is 6.11. The van der Waals surface area contributed by atoms with Gasteiger partial charge in [-0.1, -0.05) is 30.4 Å². The lowest BCUT2D eigenvalue weighted by Gasteiger charge is -2.37. The van der Waals surface area contributed by atoms with Crippen molar-refractivity contribution in [3.63, 3.8) is 0 Å². The van der Waals surface area contributed by atoms with Crippen molar-refractivity contribution in [1.29, 1.82) is 0 Å².